The molecule has 0 unspecified atom stereocenters. The Bertz CT molecular complexity index is 6670. The van der Waals surface area contributed by atoms with Crippen molar-refractivity contribution in [3.05, 3.63) is 197 Å². The third-order valence-corrected chi connectivity index (χ3v) is 20.1. The Morgan fingerprint density at radius 3 is 1.20 bits per heavy atom. The minimum absolute atomic E-state index is 0.0528. The van der Waals surface area contributed by atoms with E-state index in [2.05, 4.69) is 140 Å². The number of carbonyl (C=O) groups excluding carboxylic acids is 5. The second kappa shape index (κ2) is 40.5. The van der Waals surface area contributed by atoms with E-state index < -0.39 is 29.5 Å². The number of amides is 5. The monoisotopic (exact) mass is 1770 g/mol. The topological polar surface area (TPSA) is 621 Å². The molecule has 0 aromatic carbocycles. The average Bonchev–Trinajstić information content (AvgIpc) is 1.61. The maximum Gasteiger partial charge on any atom is 0.263 e. The van der Waals surface area contributed by atoms with E-state index in [4.69, 9.17) is 57.1 Å². The van der Waals surface area contributed by atoms with Crippen molar-refractivity contribution in [3.63, 3.8) is 0 Å². The van der Waals surface area contributed by atoms with Crippen LogP contribution in [0.25, 0.3) is 28.2 Å². The fourth-order valence-corrected chi connectivity index (χ4v) is 13.5. The van der Waals surface area contributed by atoms with Gasteiger partial charge in [0.15, 0.2) is 57.3 Å². The number of hydrogen-bond donors (Lipinski definition) is 15. The highest BCUT2D eigenvalue weighted by Crippen LogP contribution is 2.40. The molecule has 15 aromatic heterocycles. The lowest BCUT2D eigenvalue weighted by molar-refractivity contribution is -0.127. The van der Waals surface area contributed by atoms with Crippen LogP contribution in [-0.2, 0) is 16.0 Å². The van der Waals surface area contributed by atoms with Crippen LogP contribution in [0.1, 0.15) is 70.8 Å². The number of pyridine rings is 5. The lowest BCUT2D eigenvalue weighted by Crippen LogP contribution is -2.66. The van der Waals surface area contributed by atoms with Gasteiger partial charge in [-0.3, -0.25) is 48.7 Å². The van der Waals surface area contributed by atoms with Crippen molar-refractivity contribution in [1.82, 2.24) is 108 Å². The first-order valence-electron chi connectivity index (χ1n) is 40.3. The molecule has 18 heterocycles. The number of aromatic amines is 1. The van der Waals surface area contributed by atoms with Crippen molar-refractivity contribution < 1.29 is 52.4 Å². The van der Waals surface area contributed by atoms with E-state index >= 15 is 0 Å². The molecule has 15 aromatic rings. The zero-order chi connectivity index (χ0) is 91.7. The molecule has 0 saturated carbocycles. The number of aromatic nitrogens is 20. The Hall–Kier alpha value is -16.8. The van der Waals surface area contributed by atoms with Gasteiger partial charge in [0.1, 0.15) is 103 Å². The lowest BCUT2D eigenvalue weighted by Gasteiger charge is -2.55. The van der Waals surface area contributed by atoms with E-state index in [-0.39, 0.29) is 73.4 Å². The molecule has 0 aliphatic carbocycles. The molecule has 0 radical (unpaired) electrons. The number of nitrogens with one attached hydrogen (secondary N) is 10. The van der Waals surface area contributed by atoms with Crippen molar-refractivity contribution in [1.29, 1.82) is 0 Å². The second-order valence-corrected chi connectivity index (χ2v) is 29.6. The van der Waals surface area contributed by atoms with Gasteiger partial charge < -0.3 is 120 Å². The van der Waals surface area contributed by atoms with Crippen LogP contribution in [0.2, 0.25) is 0 Å². The first kappa shape index (κ1) is 89.5. The zero-order valence-corrected chi connectivity index (χ0v) is 71.7. The van der Waals surface area contributed by atoms with Crippen LogP contribution in [0.15, 0.2) is 158 Å². The smallest absolute Gasteiger partial charge is 0.263 e. The largest absolute Gasteiger partial charge is 0.494 e. The standard InChI is InChI=1S/C17H22N8O2.C17H17N7O3.C17H19N7O3.C16H19N7O2.C15H17N7O2/c1-24(2)9-7-20-13-5-8-25-16(22-13)14(15(18)23-25)17(26)21-11-10-19-6-4-12(11)27-3;18-14-13(16(26)20-10-5-19-3-1-11(10)25)15-21-12(2-4-24(15)22-14)23-6-17(7-23)8-27-9-17;1-26-12-2-4-19-7-11(12)21-17(25)14-15(18)23-24-5-3-13(22-16(14)24)20-6-10-8-27-9-10;1-3-6-19-12-5-8-23-15(21-12)13(14(17)22-23)16(24)20-10-9-18-7-4-11(10)25-2;1-17-7-9-4-6-22-14(19-9)12(13(16)21-22)15(23)20-10-8-18-5-3-11(10)24-2/h4-6,8,10H,7,9H2,1-3H3,(H2,18,23)(H,20,22)(H,21,26);1-5H,6-9H2,(H2,18,22)(H,19,25)(H,20,26);2-5,7,10H,6,8-9H2,1H3,(H2,18,23)(H,20,22)(H,21,25);4-5,7-9H,3,6H2,1-2H3,(H2,17,22)(H,19,21)(H,20,24);3-6,8,17H,7H2,1-2H3,(H2,16,21)(H,20,23). The van der Waals surface area contributed by atoms with E-state index in [1.54, 1.807) is 98.2 Å². The average molecular weight is 1780 g/mol. The summed E-state index contributed by atoms with van der Waals surface area (Å²) in [6.07, 6.45) is 24.7. The Morgan fingerprint density at radius 1 is 0.477 bits per heavy atom. The Balaban J connectivity index is 0.000000131. The normalized spacial score (nSPS) is 12.9. The molecule has 18 rings (SSSR count). The summed E-state index contributed by atoms with van der Waals surface area (Å²) in [5, 5.41) is 46.9. The van der Waals surface area contributed by atoms with Crippen molar-refractivity contribution in [2.24, 2.45) is 11.3 Å². The molecule has 130 heavy (non-hydrogen) atoms. The van der Waals surface area contributed by atoms with Crippen LogP contribution in [-0.4, -0.2) is 248 Å². The SMILES string of the molecule is CCCNc1ccn2nc(N)c(C(=O)Nc3cnccc3OC)c2n1.CNCc1ccn2nc(N)c(C(=O)Nc3cnccc3OC)c2n1.COc1ccncc1NC(=O)c1c(N)nn2ccc(NCC3COC3)nc12.COc1ccncc1NC(=O)c1c(N)nn2ccc(NCCN(C)C)nc12.Nc1nn2ccc(N3CC4(COC4)C3)nc2c1C(=O)Nc1c[nH]ccc1=O. The second-order valence-electron chi connectivity index (χ2n) is 29.6. The van der Waals surface area contributed by atoms with E-state index in [0.717, 1.165) is 77.1 Å². The van der Waals surface area contributed by atoms with Crippen LogP contribution in [0.3, 0.4) is 0 Å². The van der Waals surface area contributed by atoms with Crippen molar-refractivity contribution in [2.45, 2.75) is 19.9 Å². The number of methoxy groups -OCH3 is 4. The first-order chi connectivity index (χ1) is 63.0. The molecule has 3 saturated heterocycles. The van der Waals surface area contributed by atoms with Crippen molar-refractivity contribution >= 4 is 139 Å². The number of nitrogen functional groups attached to an aromatic ring is 5. The Morgan fingerprint density at radius 2 is 0.846 bits per heavy atom. The Labute approximate surface area is 738 Å². The molecule has 48 heteroatoms. The predicted octanol–water partition coefficient (Wildman–Crippen LogP) is 4.53. The number of carbonyl (C=O) groups is 5. The van der Waals surface area contributed by atoms with Gasteiger partial charge in [-0.25, -0.2) is 47.5 Å². The highest BCUT2D eigenvalue weighted by Gasteiger charge is 2.49. The number of rotatable bonds is 27. The van der Waals surface area contributed by atoms with Gasteiger partial charge in [-0.15, -0.1) is 25.5 Å². The minimum atomic E-state index is -0.531. The van der Waals surface area contributed by atoms with E-state index in [1.807, 2.05) is 33.3 Å². The van der Waals surface area contributed by atoms with Crippen LogP contribution in [0.4, 0.5) is 80.8 Å². The van der Waals surface area contributed by atoms with Crippen molar-refractivity contribution in [3.8, 4) is 23.0 Å². The number of nitrogens with zero attached hydrogens (tertiary/aromatic N) is 21. The number of likely N-dealkylation sites (N-methyl/N-ethyl adjacent to an activating group) is 1. The van der Waals surface area contributed by atoms with Crippen LogP contribution in [0.5, 0.6) is 23.0 Å². The molecule has 3 aliphatic rings. The molecular weight excluding hydrogens is 1680 g/mol. The number of anilines is 14. The molecule has 5 amide bonds. The highest BCUT2D eigenvalue weighted by molar-refractivity contribution is 6.15. The molecule has 674 valence electrons. The van der Waals surface area contributed by atoms with Gasteiger partial charge in [0.2, 0.25) is 5.43 Å². The van der Waals surface area contributed by atoms with Crippen LogP contribution < -0.4 is 106 Å². The maximum absolute atomic E-state index is 12.8. The minimum Gasteiger partial charge on any atom is -0.494 e. The number of hydrogen-bond acceptors (Lipinski definition) is 37. The number of H-pyrrole nitrogens is 1. The summed E-state index contributed by atoms with van der Waals surface area (Å²) in [6, 6.07) is 16.9. The van der Waals surface area contributed by atoms with E-state index in [0.29, 0.717) is 110 Å². The quantitative estimate of drug-likeness (QED) is 0.0336. The van der Waals surface area contributed by atoms with Gasteiger partial charge in [-0.05, 0) is 57.9 Å². The third-order valence-electron chi connectivity index (χ3n) is 20.1. The lowest BCUT2D eigenvalue weighted by atomic mass is 9.78. The molecule has 20 N–H and O–H groups in total. The summed E-state index contributed by atoms with van der Waals surface area (Å²) in [6.45, 7) is 10.5. The van der Waals surface area contributed by atoms with Crippen molar-refractivity contribution in [2.75, 3.05) is 191 Å². The summed E-state index contributed by atoms with van der Waals surface area (Å²) in [4.78, 5) is 121. The van der Waals surface area contributed by atoms with E-state index in [9.17, 15) is 28.8 Å². The van der Waals surface area contributed by atoms with Crippen LogP contribution in [0, 0.1) is 11.3 Å². The van der Waals surface area contributed by atoms with Gasteiger partial charge in [0.25, 0.3) is 29.5 Å². The van der Waals surface area contributed by atoms with Gasteiger partial charge in [-0.1, -0.05) is 6.92 Å². The van der Waals surface area contributed by atoms with Gasteiger partial charge in [0, 0.05) is 150 Å². The first-order valence-corrected chi connectivity index (χ1v) is 40.3. The molecule has 3 aliphatic heterocycles. The summed E-state index contributed by atoms with van der Waals surface area (Å²) < 4.78 is 38.7. The van der Waals surface area contributed by atoms with E-state index in [1.165, 1.54) is 94.3 Å². The molecule has 1 spiro atoms. The molecule has 48 nitrogen and oxygen atoms in total. The fourth-order valence-electron chi connectivity index (χ4n) is 13.5. The molecular formula is C82H94N36O12. The number of ether oxygens (including phenoxy) is 6. The third kappa shape index (κ3) is 20.4. The fraction of sp³-hybridized carbons (Fsp3) is 0.268. The number of fused-ring (bicyclic) bond motifs is 5. The maximum atomic E-state index is 12.8. The predicted molar refractivity (Wildman–Crippen MR) is 484 cm³/mol. The summed E-state index contributed by atoms with van der Waals surface area (Å²) in [5.74, 6) is 3.30. The van der Waals surface area contributed by atoms with Gasteiger partial charge in [-0.2, -0.15) is 0 Å². The zero-order valence-electron chi connectivity index (χ0n) is 71.7. The summed E-state index contributed by atoms with van der Waals surface area (Å²) >= 11 is 0. The molecule has 0 atom stereocenters. The molecule has 3 fully saturated rings. The Kier molecular flexibility index (Phi) is 27.9. The highest BCUT2D eigenvalue weighted by atomic mass is 16.5. The van der Waals surface area contributed by atoms with Crippen LogP contribution >= 0.6 is 0 Å². The summed E-state index contributed by atoms with van der Waals surface area (Å²) in [7, 11) is 11.9. The molecule has 0 bridgehead atoms. The summed E-state index contributed by atoms with van der Waals surface area (Å²) in [5.41, 5.74) is 35.1. The van der Waals surface area contributed by atoms with Gasteiger partial charge >= 0.3 is 0 Å². The van der Waals surface area contributed by atoms with Gasteiger partial charge in [0.05, 0.1) is 90.8 Å². The number of nitrogens with two attached hydrogens (primary N) is 5.